The summed E-state index contributed by atoms with van der Waals surface area (Å²) in [6, 6.07) is 0.222. The minimum Gasteiger partial charge on any atom is -0.306 e. The van der Waals surface area contributed by atoms with Crippen molar-refractivity contribution in [2.75, 3.05) is 0 Å². The van der Waals surface area contributed by atoms with Gasteiger partial charge < -0.3 is 9.05 Å². The fourth-order valence-electron chi connectivity index (χ4n) is 11.7. The maximum Gasteiger partial charge on any atom is 0.367 e. The Hall–Kier alpha value is 0.300. The van der Waals surface area contributed by atoms with Gasteiger partial charge in [-0.3, -0.25) is 9.13 Å². The number of hydrogen-bond donors (Lipinski definition) is 2. The maximum absolute atomic E-state index is 15.7. The van der Waals surface area contributed by atoms with Gasteiger partial charge in [0.1, 0.15) is 0 Å². The summed E-state index contributed by atoms with van der Waals surface area (Å²) in [5.74, 6) is 5.19. The first-order chi connectivity index (χ1) is 19.4. The average Bonchev–Trinajstić information content (AvgIpc) is 2.93. The minimum absolute atomic E-state index is 0.0293. The zero-order chi connectivity index (χ0) is 26.9. The molecule has 0 aliphatic heterocycles. The summed E-state index contributed by atoms with van der Waals surface area (Å²) >= 11 is 0. The van der Waals surface area contributed by atoms with E-state index in [9.17, 15) is 0 Å². The monoisotopic (exact) mass is 592 g/mol. The van der Waals surface area contributed by atoms with Crippen molar-refractivity contribution in [2.45, 2.75) is 153 Å². The predicted octanol–water partition coefficient (Wildman–Crippen LogP) is 8.81. The van der Waals surface area contributed by atoms with E-state index >= 15 is 9.13 Å². The van der Waals surface area contributed by atoms with E-state index in [0.29, 0.717) is 23.7 Å². The molecule has 8 heteroatoms. The highest BCUT2D eigenvalue weighted by molar-refractivity contribution is 8.30. The van der Waals surface area contributed by atoms with Crippen LogP contribution in [0.1, 0.15) is 128 Å². The standard InChI is InChI=1S/C32H54N2O4P2/c35-39(33-29-7-3-1-4-8-29,37-31-25-13-21-11-22(15-25)16-26(31)14-21)40(36,34-30-9-5-2-6-10-30)38-32-27-17-23-12-24(19-27)20-28(32)18-23/h21-32H,1-20H2,(H,33,35)(H,34,36). The molecule has 0 heterocycles. The molecule has 40 heavy (non-hydrogen) atoms. The molecule has 2 N–H and O–H groups in total. The van der Waals surface area contributed by atoms with Crippen molar-refractivity contribution in [3.63, 3.8) is 0 Å². The molecule has 10 aliphatic rings. The van der Waals surface area contributed by atoms with Crippen molar-refractivity contribution >= 4 is 14.4 Å². The van der Waals surface area contributed by atoms with Crippen molar-refractivity contribution in [2.24, 2.45) is 47.3 Å². The molecule has 10 aliphatic carbocycles. The van der Waals surface area contributed by atoms with E-state index < -0.39 is 14.4 Å². The second-order valence-electron chi connectivity index (χ2n) is 16.0. The van der Waals surface area contributed by atoms with E-state index in [2.05, 4.69) is 10.2 Å². The molecule has 0 radical (unpaired) electrons. The Morgan fingerprint density at radius 1 is 0.425 bits per heavy atom. The first kappa shape index (κ1) is 27.8. The lowest BCUT2D eigenvalue weighted by Crippen LogP contribution is -2.51. The molecular formula is C32H54N2O4P2. The summed E-state index contributed by atoms with van der Waals surface area (Å²) in [7, 11) is -7.68. The van der Waals surface area contributed by atoms with Crippen LogP contribution in [0.4, 0.5) is 0 Å². The summed E-state index contributed by atoms with van der Waals surface area (Å²) in [4.78, 5) is 0. The van der Waals surface area contributed by atoms with E-state index in [4.69, 9.17) is 9.05 Å². The molecule has 10 fully saturated rings. The van der Waals surface area contributed by atoms with Crippen molar-refractivity contribution in [1.82, 2.24) is 10.2 Å². The van der Waals surface area contributed by atoms with E-state index in [-0.39, 0.29) is 24.3 Å². The lowest BCUT2D eigenvalue weighted by molar-refractivity contribution is -0.0826. The topological polar surface area (TPSA) is 76.7 Å². The molecule has 6 nitrogen and oxygen atoms in total. The molecule has 10 saturated carbocycles. The average molecular weight is 593 g/mol. The molecule has 0 saturated heterocycles. The van der Waals surface area contributed by atoms with Gasteiger partial charge >= 0.3 is 14.4 Å². The number of nitrogens with one attached hydrogen (secondary N) is 2. The quantitative estimate of drug-likeness (QED) is 0.261. The molecule has 10 rings (SSSR count). The summed E-state index contributed by atoms with van der Waals surface area (Å²) in [6.45, 7) is 0. The van der Waals surface area contributed by atoms with Crippen LogP contribution in [0.2, 0.25) is 0 Å². The molecule has 0 aromatic rings. The van der Waals surface area contributed by atoms with Gasteiger partial charge in [-0.05, 0) is 137 Å². The van der Waals surface area contributed by atoms with E-state index in [1.54, 1.807) is 0 Å². The minimum atomic E-state index is -3.84. The van der Waals surface area contributed by atoms with E-state index in [1.165, 1.54) is 77.0 Å². The first-order valence-electron chi connectivity index (χ1n) is 17.6. The van der Waals surface area contributed by atoms with Gasteiger partial charge in [-0.1, -0.05) is 38.5 Å². The SMILES string of the molecule is O=P(NC1CCCCC1)(OC1C2CC3CC(C2)CC1C3)P(=O)(NC1CCCCC1)OC1C2CC3CC(C2)CC1C3. The van der Waals surface area contributed by atoms with Crippen LogP contribution in [0.5, 0.6) is 0 Å². The Bertz CT molecular complexity index is 888. The summed E-state index contributed by atoms with van der Waals surface area (Å²) < 4.78 is 45.3. The van der Waals surface area contributed by atoms with E-state index in [0.717, 1.165) is 75.0 Å². The molecule has 0 aromatic carbocycles. The highest BCUT2D eigenvalue weighted by atomic mass is 32.1. The zero-order valence-electron chi connectivity index (χ0n) is 24.6. The van der Waals surface area contributed by atoms with Crippen LogP contribution in [0.25, 0.3) is 0 Å². The van der Waals surface area contributed by atoms with Gasteiger partial charge in [0, 0.05) is 12.1 Å². The summed E-state index contributed by atoms with van der Waals surface area (Å²) in [5, 5.41) is 7.15. The fraction of sp³-hybridized carbons (Fsp3) is 1.00. The third-order valence-electron chi connectivity index (χ3n) is 13.1. The largest absolute Gasteiger partial charge is 0.367 e. The van der Waals surface area contributed by atoms with Crippen LogP contribution in [-0.4, -0.2) is 24.3 Å². The third kappa shape index (κ3) is 5.19. The summed E-state index contributed by atoms with van der Waals surface area (Å²) in [6.07, 6.45) is 23.4. The Labute approximate surface area is 242 Å². The van der Waals surface area contributed by atoms with Gasteiger partial charge in [-0.15, -0.1) is 0 Å². The highest BCUT2D eigenvalue weighted by Gasteiger charge is 2.59. The van der Waals surface area contributed by atoms with Crippen molar-refractivity contribution in [3.8, 4) is 0 Å². The molecule has 0 spiro atoms. The van der Waals surface area contributed by atoms with E-state index in [1.807, 2.05) is 0 Å². The lowest BCUT2D eigenvalue weighted by Gasteiger charge is -2.56. The normalized spacial score (nSPS) is 47.8. The number of hydrogen-bond acceptors (Lipinski definition) is 4. The Morgan fingerprint density at radius 2 is 0.725 bits per heavy atom. The van der Waals surface area contributed by atoms with Crippen LogP contribution in [0.3, 0.4) is 0 Å². The van der Waals surface area contributed by atoms with Crippen molar-refractivity contribution in [1.29, 1.82) is 0 Å². The van der Waals surface area contributed by atoms with Crippen LogP contribution in [-0.2, 0) is 18.2 Å². The van der Waals surface area contributed by atoms with Gasteiger partial charge in [0.25, 0.3) is 0 Å². The van der Waals surface area contributed by atoms with Gasteiger partial charge in [-0.2, -0.15) is 0 Å². The molecule has 226 valence electrons. The van der Waals surface area contributed by atoms with Crippen LogP contribution < -0.4 is 10.2 Å². The van der Waals surface area contributed by atoms with Crippen molar-refractivity contribution < 1.29 is 18.2 Å². The molecule has 8 bridgehead atoms. The Balaban J connectivity index is 1.13. The highest BCUT2D eigenvalue weighted by Crippen LogP contribution is 2.81. The second-order valence-corrected chi connectivity index (χ2v) is 22.1. The van der Waals surface area contributed by atoms with Gasteiger partial charge in [0.2, 0.25) is 0 Å². The molecule has 0 aromatic heterocycles. The predicted molar refractivity (Wildman–Crippen MR) is 159 cm³/mol. The summed E-state index contributed by atoms with van der Waals surface area (Å²) in [5.41, 5.74) is 0. The number of rotatable bonds is 9. The molecule has 2 unspecified atom stereocenters. The van der Waals surface area contributed by atoms with Crippen LogP contribution in [0.15, 0.2) is 0 Å². The smallest absolute Gasteiger partial charge is 0.306 e. The lowest BCUT2D eigenvalue weighted by atomic mass is 9.55. The van der Waals surface area contributed by atoms with Gasteiger partial charge in [0.05, 0.1) is 12.2 Å². The Kier molecular flexibility index (Phi) is 7.67. The van der Waals surface area contributed by atoms with Crippen molar-refractivity contribution in [3.05, 3.63) is 0 Å². The Morgan fingerprint density at radius 3 is 1.02 bits per heavy atom. The molecule has 2 atom stereocenters. The zero-order valence-corrected chi connectivity index (χ0v) is 26.4. The molecule has 0 amide bonds. The second kappa shape index (κ2) is 11.0. The van der Waals surface area contributed by atoms with Crippen LogP contribution in [0, 0.1) is 47.3 Å². The molecular weight excluding hydrogens is 538 g/mol. The first-order valence-corrected chi connectivity index (χ1v) is 21.5. The van der Waals surface area contributed by atoms with Gasteiger partial charge in [-0.25, -0.2) is 10.2 Å². The fourth-order valence-corrected chi connectivity index (χ4v) is 18.4. The van der Waals surface area contributed by atoms with Gasteiger partial charge in [0.15, 0.2) is 0 Å². The third-order valence-corrected chi connectivity index (χ3v) is 19.5. The maximum atomic E-state index is 15.7. The van der Waals surface area contributed by atoms with Crippen LogP contribution >= 0.6 is 14.4 Å².